The van der Waals surface area contributed by atoms with Crippen molar-refractivity contribution in [3.8, 4) is 0 Å². The third-order valence-corrected chi connectivity index (χ3v) is 9.29. The summed E-state index contributed by atoms with van der Waals surface area (Å²) < 4.78 is 23.9. The summed E-state index contributed by atoms with van der Waals surface area (Å²) >= 11 is 0. The van der Waals surface area contributed by atoms with E-state index in [1.807, 2.05) is 13.8 Å². The molecule has 1 unspecified atom stereocenters. The van der Waals surface area contributed by atoms with Gasteiger partial charge in [0, 0.05) is 38.6 Å². The van der Waals surface area contributed by atoms with E-state index in [1.54, 1.807) is 17.9 Å². The van der Waals surface area contributed by atoms with Crippen molar-refractivity contribution < 1.29 is 33.3 Å². The molecule has 4 heterocycles. The van der Waals surface area contributed by atoms with E-state index >= 15 is 0 Å². The Morgan fingerprint density at radius 1 is 1.09 bits per heavy atom. The molecule has 2 N–H and O–H groups in total. The first-order chi connectivity index (χ1) is 21.6. The fourth-order valence-electron chi connectivity index (χ4n) is 6.47. The number of piperidine rings is 1. The van der Waals surface area contributed by atoms with Gasteiger partial charge < -0.3 is 34.5 Å². The van der Waals surface area contributed by atoms with E-state index < -0.39 is 6.10 Å². The van der Waals surface area contributed by atoms with Crippen LogP contribution in [0, 0.1) is 5.92 Å². The van der Waals surface area contributed by atoms with E-state index in [0.29, 0.717) is 13.0 Å². The maximum atomic E-state index is 12.7. The van der Waals surface area contributed by atoms with Gasteiger partial charge in [0.2, 0.25) is 11.8 Å². The minimum absolute atomic E-state index is 0.0351. The largest absolute Gasteiger partial charge is 0.442 e. The molecule has 252 valence electrons. The summed E-state index contributed by atoms with van der Waals surface area (Å²) in [6, 6.07) is -0.0954. The highest BCUT2D eigenvalue weighted by Gasteiger charge is 2.51. The highest BCUT2D eigenvalue weighted by molar-refractivity contribution is 5.87. The number of ether oxygens (including phenoxy) is 4. The number of hydrogen-bond acceptors (Lipinski definition) is 7. The van der Waals surface area contributed by atoms with Gasteiger partial charge >= 0.3 is 6.09 Å². The standard InChI is InChI=1S/C35H55N3O7/c1-6-16-36-33(40)20-29-22-35(23-42-35)21-28(45-29)13-10-24(2)11-14-31-25(3)19-30(27(5)44-31)37-32(39)15-12-26(4)43-34(41)38-17-8-7-9-18-38/h10-13,15,25-31H,6-9,14,16-23H2,1-5H3,(H,36,40)(H,37,39)/b13-10+,15-12-,24-11+/t25-,26-,27+,28+,29+,30+,31-,35?/m0/s1. The van der Waals surface area contributed by atoms with Gasteiger partial charge in [-0.15, -0.1) is 0 Å². The van der Waals surface area contributed by atoms with Crippen LogP contribution in [-0.2, 0) is 28.5 Å². The van der Waals surface area contributed by atoms with Gasteiger partial charge in [-0.1, -0.05) is 37.6 Å². The zero-order valence-electron chi connectivity index (χ0n) is 27.9. The molecule has 0 saturated carbocycles. The smallest absolute Gasteiger partial charge is 0.410 e. The number of allylic oxidation sites excluding steroid dienone is 2. The van der Waals surface area contributed by atoms with Crippen LogP contribution < -0.4 is 10.6 Å². The summed E-state index contributed by atoms with van der Waals surface area (Å²) in [6.45, 7) is 12.9. The zero-order valence-corrected chi connectivity index (χ0v) is 27.9. The van der Waals surface area contributed by atoms with Crippen LogP contribution in [0.5, 0.6) is 0 Å². The molecule has 8 atom stereocenters. The summed E-state index contributed by atoms with van der Waals surface area (Å²) in [5, 5.41) is 6.02. The van der Waals surface area contributed by atoms with Gasteiger partial charge in [-0.05, 0) is 71.3 Å². The topological polar surface area (TPSA) is 119 Å². The molecule has 0 radical (unpaired) electrons. The predicted octanol–water partition coefficient (Wildman–Crippen LogP) is 4.98. The number of rotatable bonds is 12. The Labute approximate surface area is 269 Å². The summed E-state index contributed by atoms with van der Waals surface area (Å²) in [5.74, 6) is 0.0870. The fraction of sp³-hybridized carbons (Fsp3) is 0.743. The second-order valence-electron chi connectivity index (χ2n) is 13.5. The van der Waals surface area contributed by atoms with Crippen LogP contribution in [-0.4, -0.2) is 91.2 Å². The lowest BCUT2D eigenvalue weighted by molar-refractivity contribution is -0.127. The summed E-state index contributed by atoms with van der Waals surface area (Å²) in [7, 11) is 0. The van der Waals surface area contributed by atoms with E-state index in [9.17, 15) is 14.4 Å². The quantitative estimate of drug-likeness (QED) is 0.178. The molecule has 45 heavy (non-hydrogen) atoms. The molecule has 1 spiro atoms. The maximum absolute atomic E-state index is 12.7. The monoisotopic (exact) mass is 629 g/mol. The number of carbonyl (C=O) groups is 3. The van der Waals surface area contributed by atoms with Crippen molar-refractivity contribution in [3.05, 3.63) is 36.0 Å². The third kappa shape index (κ3) is 11.3. The molecule has 0 aromatic rings. The van der Waals surface area contributed by atoms with Crippen molar-refractivity contribution in [2.45, 2.75) is 135 Å². The Morgan fingerprint density at radius 3 is 2.56 bits per heavy atom. The fourth-order valence-corrected chi connectivity index (χ4v) is 6.47. The van der Waals surface area contributed by atoms with Crippen molar-refractivity contribution in [2.75, 3.05) is 26.2 Å². The molecule has 10 heteroatoms. The number of likely N-dealkylation sites (tertiary alicyclic amines) is 1. The van der Waals surface area contributed by atoms with E-state index in [1.165, 1.54) is 6.08 Å². The summed E-state index contributed by atoms with van der Waals surface area (Å²) in [4.78, 5) is 38.9. The van der Waals surface area contributed by atoms with Crippen molar-refractivity contribution >= 4 is 17.9 Å². The third-order valence-electron chi connectivity index (χ3n) is 9.29. The minimum atomic E-state index is -0.483. The average Bonchev–Trinajstić information content (AvgIpc) is 3.76. The first-order valence-corrected chi connectivity index (χ1v) is 17.1. The highest BCUT2D eigenvalue weighted by Crippen LogP contribution is 2.43. The molecule has 3 amide bonds. The molecule has 0 aromatic heterocycles. The Bertz CT molecular complexity index is 1090. The predicted molar refractivity (Wildman–Crippen MR) is 173 cm³/mol. The van der Waals surface area contributed by atoms with Crippen LogP contribution in [0.25, 0.3) is 0 Å². The van der Waals surface area contributed by atoms with Gasteiger partial charge in [0.15, 0.2) is 0 Å². The van der Waals surface area contributed by atoms with Crippen LogP contribution in [0.15, 0.2) is 36.0 Å². The second kappa shape index (κ2) is 16.7. The van der Waals surface area contributed by atoms with Crippen LogP contribution in [0.3, 0.4) is 0 Å². The van der Waals surface area contributed by atoms with Crippen molar-refractivity contribution in [1.29, 1.82) is 0 Å². The minimum Gasteiger partial charge on any atom is -0.442 e. The van der Waals surface area contributed by atoms with Gasteiger partial charge in [0.1, 0.15) is 6.10 Å². The lowest BCUT2D eigenvalue weighted by Crippen LogP contribution is -2.50. The molecular formula is C35H55N3O7. The first kappa shape index (κ1) is 35.2. The number of amides is 3. The SMILES string of the molecule is CCCNC(=O)C[C@@H]1CC2(CO2)C[C@@H](/C=C/C(C)=C/C[C@@H]2O[C@H](C)[C@H](NC(=O)/C=C\[C@H](C)OC(=O)N3CCCCC3)C[C@@H]2C)O1. The normalized spacial score (nSPS) is 32.9. The molecule has 4 fully saturated rings. The molecular weight excluding hydrogens is 574 g/mol. The Morgan fingerprint density at radius 2 is 1.84 bits per heavy atom. The van der Waals surface area contributed by atoms with E-state index in [-0.39, 0.29) is 59.9 Å². The highest BCUT2D eigenvalue weighted by atomic mass is 16.6. The van der Waals surface area contributed by atoms with Crippen LogP contribution in [0.1, 0.15) is 92.4 Å². The Hall–Kier alpha value is -2.69. The number of nitrogens with zero attached hydrogens (tertiary/aromatic N) is 1. The average molecular weight is 630 g/mol. The molecule has 4 rings (SSSR count). The molecule has 0 aliphatic carbocycles. The summed E-state index contributed by atoms with van der Waals surface area (Å²) in [5.41, 5.74) is 0.994. The maximum Gasteiger partial charge on any atom is 0.410 e. The number of epoxide rings is 1. The van der Waals surface area contributed by atoms with Gasteiger partial charge in [-0.2, -0.15) is 0 Å². The van der Waals surface area contributed by atoms with Gasteiger partial charge in [-0.25, -0.2) is 4.79 Å². The zero-order chi connectivity index (χ0) is 32.4. The van der Waals surface area contributed by atoms with Gasteiger partial charge in [-0.3, -0.25) is 9.59 Å². The molecule has 0 bridgehead atoms. The number of hydrogen-bond donors (Lipinski definition) is 2. The molecule has 4 aliphatic rings. The van der Waals surface area contributed by atoms with Gasteiger partial charge in [0.05, 0.1) is 49.1 Å². The van der Waals surface area contributed by atoms with E-state index in [0.717, 1.165) is 76.6 Å². The van der Waals surface area contributed by atoms with Crippen molar-refractivity contribution in [1.82, 2.24) is 15.5 Å². The molecule has 10 nitrogen and oxygen atoms in total. The van der Waals surface area contributed by atoms with Crippen LogP contribution in [0.2, 0.25) is 0 Å². The van der Waals surface area contributed by atoms with Crippen LogP contribution >= 0.6 is 0 Å². The molecule has 4 aliphatic heterocycles. The Kier molecular flexibility index (Phi) is 13.1. The Balaban J connectivity index is 1.19. The lowest BCUT2D eigenvalue weighted by Gasteiger charge is -2.39. The number of nitrogens with one attached hydrogen (secondary N) is 2. The van der Waals surface area contributed by atoms with E-state index in [4.69, 9.17) is 18.9 Å². The van der Waals surface area contributed by atoms with E-state index in [2.05, 4.69) is 42.7 Å². The molecule has 4 saturated heterocycles. The first-order valence-electron chi connectivity index (χ1n) is 17.1. The summed E-state index contributed by atoms with van der Waals surface area (Å²) in [6.07, 6.45) is 16.0. The van der Waals surface area contributed by atoms with Crippen LogP contribution in [0.4, 0.5) is 4.79 Å². The van der Waals surface area contributed by atoms with Gasteiger partial charge in [0.25, 0.3) is 0 Å². The second-order valence-corrected chi connectivity index (χ2v) is 13.5. The molecule has 0 aromatic carbocycles. The number of carbonyl (C=O) groups excluding carboxylic acids is 3. The van der Waals surface area contributed by atoms with Crippen molar-refractivity contribution in [3.63, 3.8) is 0 Å². The van der Waals surface area contributed by atoms with Crippen molar-refractivity contribution in [2.24, 2.45) is 5.92 Å². The lowest BCUT2D eigenvalue weighted by atomic mass is 9.88.